The Morgan fingerprint density at radius 2 is 2.10 bits per heavy atom. The largest absolute Gasteiger partial charge is 0.493 e. The van der Waals surface area contributed by atoms with E-state index < -0.39 is 4.92 Å². The summed E-state index contributed by atoms with van der Waals surface area (Å²) in [5.41, 5.74) is 0.152. The van der Waals surface area contributed by atoms with Crippen molar-refractivity contribution >= 4 is 12.0 Å². The molecule has 0 fully saturated rings. The van der Waals surface area contributed by atoms with E-state index in [1.165, 1.54) is 43.6 Å². The number of benzene rings is 1. The van der Waals surface area contributed by atoms with Crippen molar-refractivity contribution < 1.29 is 19.2 Å². The van der Waals surface area contributed by atoms with E-state index in [1.54, 1.807) is 0 Å². The molecule has 7 heteroatoms. The molecular weight excluding hydrogens is 264 g/mol. The molecule has 102 valence electrons. The van der Waals surface area contributed by atoms with Crippen LogP contribution in [0.4, 0.5) is 5.69 Å². The van der Waals surface area contributed by atoms with Crippen molar-refractivity contribution in [3.8, 4) is 17.4 Å². The molecule has 2 rings (SSSR count). The fourth-order valence-electron chi connectivity index (χ4n) is 1.55. The van der Waals surface area contributed by atoms with Gasteiger partial charge in [-0.3, -0.25) is 14.9 Å². The first kappa shape index (κ1) is 13.5. The fraction of sp³-hybridized carbons (Fsp3) is 0.0769. The number of methoxy groups -OCH3 is 1. The molecule has 0 saturated heterocycles. The lowest BCUT2D eigenvalue weighted by molar-refractivity contribution is -0.386. The normalized spacial score (nSPS) is 9.85. The highest BCUT2D eigenvalue weighted by Gasteiger charge is 2.18. The summed E-state index contributed by atoms with van der Waals surface area (Å²) in [7, 11) is 1.41. The van der Waals surface area contributed by atoms with Crippen molar-refractivity contribution in [1.29, 1.82) is 0 Å². The van der Waals surface area contributed by atoms with Crippen LogP contribution in [0.15, 0.2) is 36.5 Å². The van der Waals surface area contributed by atoms with Crippen LogP contribution in [0, 0.1) is 10.1 Å². The van der Waals surface area contributed by atoms with E-state index in [1.807, 2.05) is 0 Å². The van der Waals surface area contributed by atoms with Gasteiger partial charge in [-0.2, -0.15) is 0 Å². The lowest BCUT2D eigenvalue weighted by Gasteiger charge is -2.09. The van der Waals surface area contributed by atoms with Gasteiger partial charge in [0.15, 0.2) is 11.5 Å². The molecule has 1 aromatic carbocycles. The first-order chi connectivity index (χ1) is 9.65. The number of carbonyl (C=O) groups excluding carboxylic acids is 1. The molecule has 0 aliphatic carbocycles. The maximum atomic E-state index is 10.9. The van der Waals surface area contributed by atoms with E-state index in [-0.39, 0.29) is 23.1 Å². The van der Waals surface area contributed by atoms with Crippen LogP contribution in [-0.2, 0) is 0 Å². The zero-order valence-corrected chi connectivity index (χ0v) is 10.5. The highest BCUT2D eigenvalue weighted by Crippen LogP contribution is 2.34. The van der Waals surface area contributed by atoms with Gasteiger partial charge in [-0.1, -0.05) is 0 Å². The van der Waals surface area contributed by atoms with Crippen LogP contribution in [0.1, 0.15) is 10.4 Å². The van der Waals surface area contributed by atoms with Crippen LogP contribution in [0.2, 0.25) is 0 Å². The van der Waals surface area contributed by atoms with Gasteiger partial charge < -0.3 is 9.47 Å². The Bertz CT molecular complexity index is 657. The predicted octanol–water partition coefficient (Wildman–Crippen LogP) is 2.60. The van der Waals surface area contributed by atoms with Crippen molar-refractivity contribution in [2.75, 3.05) is 7.11 Å². The van der Waals surface area contributed by atoms with Crippen LogP contribution < -0.4 is 9.47 Å². The molecule has 0 N–H and O–H groups in total. The quantitative estimate of drug-likeness (QED) is 0.472. The monoisotopic (exact) mass is 274 g/mol. The number of rotatable bonds is 5. The van der Waals surface area contributed by atoms with Crippen molar-refractivity contribution in [2.24, 2.45) is 0 Å². The third kappa shape index (κ3) is 2.72. The number of aromatic nitrogens is 1. The first-order valence-electron chi connectivity index (χ1n) is 5.56. The molecule has 0 amide bonds. The van der Waals surface area contributed by atoms with Crippen LogP contribution in [0.3, 0.4) is 0 Å². The van der Waals surface area contributed by atoms with E-state index in [0.717, 1.165) is 0 Å². The number of hydrogen-bond acceptors (Lipinski definition) is 6. The van der Waals surface area contributed by atoms with Gasteiger partial charge in [0.05, 0.1) is 12.0 Å². The van der Waals surface area contributed by atoms with E-state index in [2.05, 4.69) is 4.98 Å². The number of pyridine rings is 1. The summed E-state index contributed by atoms with van der Waals surface area (Å²) in [6.07, 6.45) is 2.05. The Labute approximate surface area is 113 Å². The number of ether oxygens (including phenoxy) is 2. The molecule has 7 nitrogen and oxygen atoms in total. The Kier molecular flexibility index (Phi) is 3.90. The Morgan fingerprint density at radius 1 is 1.30 bits per heavy atom. The highest BCUT2D eigenvalue weighted by molar-refractivity contribution is 5.76. The summed E-state index contributed by atoms with van der Waals surface area (Å²) in [5, 5.41) is 10.9. The topological polar surface area (TPSA) is 91.6 Å². The summed E-state index contributed by atoms with van der Waals surface area (Å²) in [5.74, 6) is 0.379. The van der Waals surface area contributed by atoms with Gasteiger partial charge in [-0.25, -0.2) is 4.98 Å². The van der Waals surface area contributed by atoms with Crippen molar-refractivity contribution in [3.63, 3.8) is 0 Å². The molecule has 0 radical (unpaired) electrons. The second-order valence-corrected chi connectivity index (χ2v) is 3.71. The smallest absolute Gasteiger partial charge is 0.331 e. The third-order valence-corrected chi connectivity index (χ3v) is 2.48. The van der Waals surface area contributed by atoms with Gasteiger partial charge in [0.25, 0.3) is 5.88 Å². The van der Waals surface area contributed by atoms with Crippen molar-refractivity contribution in [2.45, 2.75) is 0 Å². The van der Waals surface area contributed by atoms with Crippen molar-refractivity contribution in [1.82, 2.24) is 4.98 Å². The van der Waals surface area contributed by atoms with Gasteiger partial charge in [-0.15, -0.1) is 0 Å². The molecule has 20 heavy (non-hydrogen) atoms. The molecule has 0 spiro atoms. The molecule has 0 bridgehead atoms. The van der Waals surface area contributed by atoms with Gasteiger partial charge in [0.2, 0.25) is 0 Å². The van der Waals surface area contributed by atoms with Gasteiger partial charge in [-0.05, 0) is 24.3 Å². The second kappa shape index (κ2) is 5.79. The molecule has 0 aliphatic rings. The van der Waals surface area contributed by atoms with Gasteiger partial charge in [0, 0.05) is 17.8 Å². The first-order valence-corrected chi connectivity index (χ1v) is 5.56. The average molecular weight is 274 g/mol. The molecule has 0 aliphatic heterocycles. The number of carbonyl (C=O) groups is 1. The Hall–Kier alpha value is -2.96. The van der Waals surface area contributed by atoms with Gasteiger partial charge in [0.1, 0.15) is 6.29 Å². The zero-order valence-electron chi connectivity index (χ0n) is 10.5. The SMILES string of the molecule is COc1cc(C=O)ccc1Oc1ncccc1[N+](=O)[O-]. The Morgan fingerprint density at radius 3 is 2.75 bits per heavy atom. The summed E-state index contributed by atoms with van der Waals surface area (Å²) in [4.78, 5) is 24.8. The zero-order chi connectivity index (χ0) is 14.5. The number of nitro groups is 1. The summed E-state index contributed by atoms with van der Waals surface area (Å²) < 4.78 is 10.5. The summed E-state index contributed by atoms with van der Waals surface area (Å²) >= 11 is 0. The number of nitrogens with zero attached hydrogens (tertiary/aromatic N) is 2. The molecule has 0 atom stereocenters. The maximum absolute atomic E-state index is 10.9. The van der Waals surface area contributed by atoms with E-state index in [0.29, 0.717) is 11.8 Å². The minimum Gasteiger partial charge on any atom is -0.493 e. The van der Waals surface area contributed by atoms with Crippen molar-refractivity contribution in [3.05, 3.63) is 52.2 Å². The predicted molar refractivity (Wildman–Crippen MR) is 69.3 cm³/mol. The van der Waals surface area contributed by atoms with Gasteiger partial charge >= 0.3 is 5.69 Å². The highest BCUT2D eigenvalue weighted by atomic mass is 16.6. The number of aldehydes is 1. The van der Waals surface area contributed by atoms with Crippen LogP contribution in [0.25, 0.3) is 0 Å². The van der Waals surface area contributed by atoms with E-state index in [4.69, 9.17) is 9.47 Å². The Balaban J connectivity index is 2.40. The van der Waals surface area contributed by atoms with E-state index in [9.17, 15) is 14.9 Å². The standard InChI is InChI=1S/C13H10N2O5/c1-19-12-7-9(8-16)4-5-11(12)20-13-10(15(17)18)3-2-6-14-13/h2-8H,1H3. The van der Waals surface area contributed by atoms with Crippen LogP contribution in [0.5, 0.6) is 17.4 Å². The van der Waals surface area contributed by atoms with E-state index >= 15 is 0 Å². The molecular formula is C13H10N2O5. The molecule has 2 aromatic rings. The molecule has 0 unspecified atom stereocenters. The van der Waals surface area contributed by atoms with Crippen LogP contribution in [-0.4, -0.2) is 23.3 Å². The fourth-order valence-corrected chi connectivity index (χ4v) is 1.55. The molecule has 0 saturated carbocycles. The molecule has 1 aromatic heterocycles. The molecule has 1 heterocycles. The second-order valence-electron chi connectivity index (χ2n) is 3.71. The average Bonchev–Trinajstić information content (AvgIpc) is 2.48. The summed E-state index contributed by atoms with van der Waals surface area (Å²) in [6, 6.07) is 7.20. The number of hydrogen-bond donors (Lipinski definition) is 0. The minimum atomic E-state index is -0.589. The van der Waals surface area contributed by atoms with Crippen LogP contribution >= 0.6 is 0 Å². The lowest BCUT2D eigenvalue weighted by Crippen LogP contribution is -1.97. The lowest BCUT2D eigenvalue weighted by atomic mass is 10.2. The summed E-state index contributed by atoms with van der Waals surface area (Å²) in [6.45, 7) is 0. The minimum absolute atomic E-state index is 0.144. The maximum Gasteiger partial charge on any atom is 0.331 e. The third-order valence-electron chi connectivity index (χ3n) is 2.48.